The third-order valence-corrected chi connectivity index (χ3v) is 3.23. The van der Waals surface area contributed by atoms with Gasteiger partial charge < -0.3 is 11.5 Å². The van der Waals surface area contributed by atoms with Crippen molar-refractivity contribution >= 4 is 22.4 Å². The molecule has 2 aromatic heterocycles. The van der Waals surface area contributed by atoms with Gasteiger partial charge >= 0.3 is 0 Å². The number of hydrogen-bond acceptors (Lipinski definition) is 4. The normalized spacial score (nSPS) is 10.2. The van der Waals surface area contributed by atoms with Crippen LogP contribution in [0.5, 0.6) is 0 Å². The molecular formula is C11H13N5S. The van der Waals surface area contributed by atoms with Crippen LogP contribution in [0.15, 0.2) is 23.3 Å². The van der Waals surface area contributed by atoms with Crippen LogP contribution in [0.2, 0.25) is 0 Å². The summed E-state index contributed by atoms with van der Waals surface area (Å²) in [5, 5.41) is 0.555. The number of thiazole rings is 1. The highest BCUT2D eigenvalue weighted by Gasteiger charge is 2.10. The first-order valence-corrected chi connectivity index (χ1v) is 5.88. The number of nitrogens with two attached hydrogens (primary N) is 2. The van der Waals surface area contributed by atoms with Crippen molar-refractivity contribution in [3.63, 3.8) is 0 Å². The zero-order valence-corrected chi connectivity index (χ0v) is 10.5. The highest BCUT2D eigenvalue weighted by Crippen LogP contribution is 2.32. The van der Waals surface area contributed by atoms with Gasteiger partial charge in [0.25, 0.3) is 0 Å². The molecule has 0 amide bonds. The Balaban J connectivity index is 2.42. The molecule has 0 saturated heterocycles. The Labute approximate surface area is 103 Å². The van der Waals surface area contributed by atoms with E-state index in [1.165, 1.54) is 11.3 Å². The predicted octanol–water partition coefficient (Wildman–Crippen LogP) is 1.73. The number of pyridine rings is 1. The number of aryl methyl sites for hydroxylation is 2. The Kier molecular flexibility index (Phi) is 3.06. The molecule has 6 heteroatoms. The molecule has 0 radical (unpaired) electrons. The monoisotopic (exact) mass is 247 g/mol. The van der Waals surface area contributed by atoms with E-state index in [4.69, 9.17) is 11.5 Å². The van der Waals surface area contributed by atoms with Gasteiger partial charge in [-0.1, -0.05) is 17.4 Å². The standard InChI is InChI=1S/C11H13N5S/c1-6-3-4-8(14-5-6)9-7(2)15-11(17-9)16-10(12)13/h3-5H,1-2H3,(H4,12,13,15,16). The zero-order valence-electron chi connectivity index (χ0n) is 9.64. The second-order valence-corrected chi connectivity index (χ2v) is 4.65. The molecule has 0 unspecified atom stereocenters. The molecule has 88 valence electrons. The van der Waals surface area contributed by atoms with Gasteiger partial charge in [0.05, 0.1) is 16.3 Å². The Morgan fingerprint density at radius 2 is 2.06 bits per heavy atom. The molecule has 5 nitrogen and oxygen atoms in total. The van der Waals surface area contributed by atoms with Crippen LogP contribution in [-0.4, -0.2) is 15.9 Å². The first-order valence-electron chi connectivity index (χ1n) is 5.06. The first kappa shape index (κ1) is 11.5. The lowest BCUT2D eigenvalue weighted by atomic mass is 10.2. The van der Waals surface area contributed by atoms with E-state index in [0.29, 0.717) is 5.13 Å². The topological polar surface area (TPSA) is 90.2 Å². The molecular weight excluding hydrogens is 234 g/mol. The maximum Gasteiger partial charge on any atom is 0.213 e. The van der Waals surface area contributed by atoms with Crippen LogP contribution in [-0.2, 0) is 0 Å². The van der Waals surface area contributed by atoms with Crippen molar-refractivity contribution in [2.45, 2.75) is 13.8 Å². The molecule has 0 fully saturated rings. The van der Waals surface area contributed by atoms with Crippen molar-refractivity contribution in [2.75, 3.05) is 0 Å². The number of nitrogens with zero attached hydrogens (tertiary/aromatic N) is 3. The smallest absolute Gasteiger partial charge is 0.213 e. The molecule has 0 aliphatic heterocycles. The molecule has 2 aromatic rings. The number of aliphatic imine (C=N–C) groups is 1. The lowest BCUT2D eigenvalue weighted by molar-refractivity contribution is 1.22. The Morgan fingerprint density at radius 1 is 1.29 bits per heavy atom. The molecule has 2 heterocycles. The summed E-state index contributed by atoms with van der Waals surface area (Å²) in [7, 11) is 0. The number of rotatable bonds is 2. The van der Waals surface area contributed by atoms with E-state index in [-0.39, 0.29) is 5.96 Å². The van der Waals surface area contributed by atoms with Crippen LogP contribution in [0, 0.1) is 13.8 Å². The minimum atomic E-state index is 0.0159. The van der Waals surface area contributed by atoms with Crippen molar-refractivity contribution in [3.05, 3.63) is 29.6 Å². The minimum Gasteiger partial charge on any atom is -0.370 e. The van der Waals surface area contributed by atoms with Crippen molar-refractivity contribution < 1.29 is 0 Å². The van der Waals surface area contributed by atoms with Crippen LogP contribution in [0.25, 0.3) is 10.6 Å². The van der Waals surface area contributed by atoms with Crippen LogP contribution in [0.4, 0.5) is 5.13 Å². The van der Waals surface area contributed by atoms with E-state index < -0.39 is 0 Å². The summed E-state index contributed by atoms with van der Waals surface area (Å²) in [4.78, 5) is 13.6. The highest BCUT2D eigenvalue weighted by atomic mass is 32.1. The Hall–Kier alpha value is -1.95. The Morgan fingerprint density at radius 3 is 2.65 bits per heavy atom. The van der Waals surface area contributed by atoms with E-state index >= 15 is 0 Å². The predicted molar refractivity (Wildman–Crippen MR) is 70.3 cm³/mol. The summed E-state index contributed by atoms with van der Waals surface area (Å²) in [6, 6.07) is 3.98. The fourth-order valence-electron chi connectivity index (χ4n) is 1.38. The summed E-state index contributed by atoms with van der Waals surface area (Å²) in [5.41, 5.74) is 13.5. The number of hydrogen-bond donors (Lipinski definition) is 2. The second kappa shape index (κ2) is 4.50. The first-order chi connectivity index (χ1) is 8.06. The molecule has 0 aliphatic rings. The van der Waals surface area contributed by atoms with Gasteiger partial charge in [-0.15, -0.1) is 0 Å². The Bertz CT molecular complexity index is 552. The van der Waals surface area contributed by atoms with Gasteiger partial charge in [0, 0.05) is 6.20 Å². The second-order valence-electron chi connectivity index (χ2n) is 3.67. The summed E-state index contributed by atoms with van der Waals surface area (Å²) >= 11 is 1.43. The van der Waals surface area contributed by atoms with E-state index in [1.807, 2.05) is 32.2 Å². The molecule has 4 N–H and O–H groups in total. The van der Waals surface area contributed by atoms with Gasteiger partial charge in [-0.3, -0.25) is 4.98 Å². The maximum atomic E-state index is 5.32. The van der Waals surface area contributed by atoms with E-state index in [0.717, 1.165) is 21.8 Å². The number of guanidine groups is 1. The summed E-state index contributed by atoms with van der Waals surface area (Å²) in [5.74, 6) is 0.0159. The van der Waals surface area contributed by atoms with Crippen molar-refractivity contribution in [1.82, 2.24) is 9.97 Å². The van der Waals surface area contributed by atoms with Crippen LogP contribution < -0.4 is 11.5 Å². The average Bonchev–Trinajstić information content (AvgIpc) is 2.59. The van der Waals surface area contributed by atoms with Gasteiger partial charge in [-0.2, -0.15) is 4.99 Å². The molecule has 0 bridgehead atoms. The van der Waals surface area contributed by atoms with Crippen LogP contribution >= 0.6 is 11.3 Å². The molecule has 17 heavy (non-hydrogen) atoms. The average molecular weight is 247 g/mol. The van der Waals surface area contributed by atoms with Gasteiger partial charge in [0.2, 0.25) is 5.13 Å². The number of aromatic nitrogens is 2. The molecule has 0 saturated carbocycles. The molecule has 0 spiro atoms. The third-order valence-electron chi connectivity index (χ3n) is 2.15. The van der Waals surface area contributed by atoms with Gasteiger partial charge in [-0.25, -0.2) is 4.98 Å². The third kappa shape index (κ3) is 2.59. The van der Waals surface area contributed by atoms with E-state index in [9.17, 15) is 0 Å². The zero-order chi connectivity index (χ0) is 12.4. The van der Waals surface area contributed by atoms with Gasteiger partial charge in [0.15, 0.2) is 5.96 Å². The lowest BCUT2D eigenvalue weighted by Gasteiger charge is -1.97. The van der Waals surface area contributed by atoms with Crippen molar-refractivity contribution in [2.24, 2.45) is 16.5 Å². The lowest BCUT2D eigenvalue weighted by Crippen LogP contribution is -2.21. The summed E-state index contributed by atoms with van der Waals surface area (Å²) in [6.45, 7) is 3.92. The minimum absolute atomic E-state index is 0.0159. The summed E-state index contributed by atoms with van der Waals surface area (Å²) < 4.78 is 0. The van der Waals surface area contributed by atoms with Crippen molar-refractivity contribution in [1.29, 1.82) is 0 Å². The molecule has 0 aliphatic carbocycles. The molecule has 2 rings (SSSR count). The van der Waals surface area contributed by atoms with Gasteiger partial charge in [-0.05, 0) is 25.5 Å². The van der Waals surface area contributed by atoms with Crippen molar-refractivity contribution in [3.8, 4) is 10.6 Å². The largest absolute Gasteiger partial charge is 0.370 e. The highest BCUT2D eigenvalue weighted by molar-refractivity contribution is 7.18. The SMILES string of the molecule is Cc1ccc(-c2sc(N=C(N)N)nc2C)nc1. The molecule has 0 aromatic carbocycles. The van der Waals surface area contributed by atoms with E-state index in [1.54, 1.807) is 0 Å². The fourth-order valence-corrected chi connectivity index (χ4v) is 2.32. The quantitative estimate of drug-likeness (QED) is 0.624. The van der Waals surface area contributed by atoms with Crippen LogP contribution in [0.3, 0.4) is 0 Å². The van der Waals surface area contributed by atoms with Gasteiger partial charge in [0.1, 0.15) is 0 Å². The molecule has 0 atom stereocenters. The van der Waals surface area contributed by atoms with E-state index in [2.05, 4.69) is 15.0 Å². The maximum absolute atomic E-state index is 5.32. The van der Waals surface area contributed by atoms with Crippen LogP contribution in [0.1, 0.15) is 11.3 Å². The summed E-state index contributed by atoms with van der Waals surface area (Å²) in [6.07, 6.45) is 1.83. The fraction of sp³-hybridized carbons (Fsp3) is 0.182.